The van der Waals surface area contributed by atoms with Crippen LogP contribution in [0.5, 0.6) is 11.5 Å². The van der Waals surface area contributed by atoms with Gasteiger partial charge >= 0.3 is 17.1 Å². The molecule has 1 aliphatic rings. The summed E-state index contributed by atoms with van der Waals surface area (Å²) in [6, 6.07) is 42.7. The smallest absolute Gasteiger partial charge is 0.663 e. The van der Waals surface area contributed by atoms with Crippen molar-refractivity contribution in [3.8, 4) is 22.9 Å². The van der Waals surface area contributed by atoms with Crippen LogP contribution in [0.25, 0.3) is 22.3 Å². The fraction of sp³-hybridized carbons (Fsp3) is 0.0769. The van der Waals surface area contributed by atoms with E-state index in [-0.39, 0.29) is 22.5 Å². The number of H-pyrrole nitrogens is 1. The van der Waals surface area contributed by atoms with Crippen molar-refractivity contribution in [3.05, 3.63) is 164 Å². The number of nitrogens with one attached hydrogen (secondary N) is 1. The number of fused-ring (bicyclic) bond motifs is 3. The van der Waals surface area contributed by atoms with Gasteiger partial charge in [-0.3, -0.25) is 0 Å². The van der Waals surface area contributed by atoms with Crippen molar-refractivity contribution in [3.63, 3.8) is 0 Å². The number of aromatic amines is 1. The molecule has 1 aliphatic heterocycles. The number of hydrogen-bond acceptors (Lipinski definition) is 2. The van der Waals surface area contributed by atoms with Gasteiger partial charge in [-0.05, 0) is 35.7 Å². The van der Waals surface area contributed by atoms with Gasteiger partial charge in [0.05, 0.1) is 0 Å². The van der Waals surface area contributed by atoms with Crippen molar-refractivity contribution in [2.45, 2.75) is 19.3 Å². The molecule has 0 saturated carbocycles. The van der Waals surface area contributed by atoms with Crippen LogP contribution in [0.15, 0.2) is 140 Å². The zero-order valence-electron chi connectivity index (χ0n) is 25.1. The van der Waals surface area contributed by atoms with E-state index in [0.29, 0.717) is 0 Å². The molecule has 0 spiro atoms. The summed E-state index contributed by atoms with van der Waals surface area (Å²) in [7, 11) is -1.23. The maximum absolute atomic E-state index is 6.66. The molecule has 7 aromatic rings. The predicted molar refractivity (Wildman–Crippen MR) is 184 cm³/mol. The van der Waals surface area contributed by atoms with Gasteiger partial charge in [0.2, 0.25) is 0 Å². The van der Waals surface area contributed by atoms with Crippen molar-refractivity contribution in [2.75, 3.05) is 0 Å². The second kappa shape index (κ2) is 12.8. The third-order valence-corrected chi connectivity index (χ3v) is 11.1. The van der Waals surface area contributed by atoms with Crippen LogP contribution in [0.2, 0.25) is 0 Å². The summed E-state index contributed by atoms with van der Waals surface area (Å²) in [6.07, 6.45) is 5.38. The first-order valence-electron chi connectivity index (χ1n) is 14.8. The van der Waals surface area contributed by atoms with Crippen molar-refractivity contribution in [1.82, 2.24) is 15.0 Å². The van der Waals surface area contributed by atoms with Gasteiger partial charge in [0.25, 0.3) is 0 Å². The van der Waals surface area contributed by atoms with Crippen molar-refractivity contribution in [2.24, 2.45) is 0 Å². The minimum absolute atomic E-state index is 0. The molecule has 1 N–H and O–H groups in total. The monoisotopic (exact) mass is 653 g/mol. The molecule has 2 aromatic heterocycles. The van der Waals surface area contributed by atoms with E-state index in [4.69, 9.17) is 4.74 Å². The molecule has 1 radical (unpaired) electrons. The standard InChI is InChI=1S/C28H24OP.C11H8N3.Cu/c1-20-12-10-17-23-26(20)29-27-24(28(23,2)3)18-11-19-25(27)30(21-13-6-4-7-14-21)22-15-8-5-9-16-22;1-2-8-4-5-12-10(8)9(3-1)11-13-6-7-14-11;/h4-19H,1H2,2-3H3;1-7H,(H,13,14);/q2*-1;+2/p+1. The van der Waals surface area contributed by atoms with E-state index in [1.54, 1.807) is 6.20 Å². The molecule has 0 saturated heterocycles. The summed E-state index contributed by atoms with van der Waals surface area (Å²) in [6.45, 7) is 8.82. The summed E-state index contributed by atoms with van der Waals surface area (Å²) >= 11 is 0. The zero-order valence-corrected chi connectivity index (χ0v) is 27.0. The number of nitrogens with zero attached hydrogens (tertiary/aromatic N) is 2. The summed E-state index contributed by atoms with van der Waals surface area (Å²) in [5, 5.41) is 5.16. The molecule has 4 nitrogen and oxygen atoms in total. The number of rotatable bonds is 4. The summed E-state index contributed by atoms with van der Waals surface area (Å²) < 4.78 is 6.66. The Balaban J connectivity index is 0.000000199. The number of imidazole rings is 1. The fourth-order valence-corrected chi connectivity index (χ4v) is 8.79. The average Bonchev–Trinajstić information content (AvgIpc) is 3.77. The quantitative estimate of drug-likeness (QED) is 0.119. The van der Waals surface area contributed by atoms with E-state index in [0.717, 1.165) is 39.4 Å². The Kier molecular flexibility index (Phi) is 8.70. The molecular formula is C39H33CuN3OP+. The van der Waals surface area contributed by atoms with Crippen molar-refractivity contribution < 1.29 is 21.8 Å². The molecule has 0 unspecified atom stereocenters. The largest absolute Gasteiger partial charge is 2.00 e. The molecule has 3 heterocycles. The number of ether oxygens (including phenoxy) is 1. The molecule has 0 aliphatic carbocycles. The predicted octanol–water partition coefficient (Wildman–Crippen LogP) is 7.98. The van der Waals surface area contributed by atoms with Gasteiger partial charge in [-0.1, -0.05) is 98.3 Å². The second-order valence-corrected chi connectivity index (χ2v) is 13.9. The molecule has 5 aromatic carbocycles. The van der Waals surface area contributed by atoms with Gasteiger partial charge in [-0.2, -0.15) is 24.8 Å². The minimum Gasteiger partial charge on any atom is -0.663 e. The van der Waals surface area contributed by atoms with Crippen LogP contribution in [0, 0.1) is 6.92 Å². The van der Waals surface area contributed by atoms with Gasteiger partial charge in [0.15, 0.2) is 5.75 Å². The second-order valence-electron chi connectivity index (χ2n) is 11.4. The summed E-state index contributed by atoms with van der Waals surface area (Å²) in [5.74, 6) is 2.78. The first kappa shape index (κ1) is 30.5. The topological polar surface area (TPSA) is 52.0 Å². The third-order valence-electron chi connectivity index (χ3n) is 8.33. The SMILES string of the molecule is [CH2-]c1cccc2c1Oc1c([PH+](c3ccccc3)c3ccccc3)cccc1C2(C)C.[Cu+2].c1cc(-c2ncc[nH]2)c2[n-]ccc2c1. The molecule has 0 atom stereocenters. The van der Waals surface area contributed by atoms with E-state index >= 15 is 0 Å². The van der Waals surface area contributed by atoms with Crippen LogP contribution in [0.4, 0.5) is 0 Å². The normalized spacial score (nSPS) is 12.7. The third kappa shape index (κ3) is 5.71. The molecule has 0 amide bonds. The fourth-order valence-electron chi connectivity index (χ4n) is 6.10. The van der Waals surface area contributed by atoms with Crippen LogP contribution >= 0.6 is 7.92 Å². The molecule has 0 fully saturated rings. The van der Waals surface area contributed by atoms with Crippen LogP contribution in [-0.4, -0.2) is 9.97 Å². The minimum atomic E-state index is -1.23. The zero-order chi connectivity index (χ0) is 30.1. The first-order chi connectivity index (χ1) is 21.5. The Morgan fingerprint density at radius 2 is 1.38 bits per heavy atom. The summed E-state index contributed by atoms with van der Waals surface area (Å²) in [4.78, 5) is 11.6. The van der Waals surface area contributed by atoms with Gasteiger partial charge < -0.3 is 14.7 Å². The van der Waals surface area contributed by atoms with E-state index in [1.807, 2.05) is 36.7 Å². The molecular weight excluding hydrogens is 621 g/mol. The van der Waals surface area contributed by atoms with E-state index < -0.39 is 7.92 Å². The van der Waals surface area contributed by atoms with E-state index in [9.17, 15) is 0 Å². The van der Waals surface area contributed by atoms with Gasteiger partial charge in [0, 0.05) is 34.7 Å². The van der Waals surface area contributed by atoms with E-state index in [2.05, 4.69) is 133 Å². The molecule has 45 heavy (non-hydrogen) atoms. The average molecular weight is 654 g/mol. The molecule has 8 rings (SSSR count). The van der Waals surface area contributed by atoms with Gasteiger partial charge in [-0.15, -0.1) is 11.6 Å². The molecule has 0 bridgehead atoms. The number of para-hydroxylation sites is 3. The van der Waals surface area contributed by atoms with Gasteiger partial charge in [0.1, 0.15) is 29.7 Å². The maximum atomic E-state index is 6.66. The molecule has 6 heteroatoms. The Bertz CT molecular complexity index is 2000. The van der Waals surface area contributed by atoms with E-state index in [1.165, 1.54) is 27.0 Å². The Labute approximate surface area is 276 Å². The van der Waals surface area contributed by atoms with Crippen LogP contribution < -0.4 is 25.6 Å². The number of aromatic nitrogens is 3. The van der Waals surface area contributed by atoms with Crippen LogP contribution in [0.3, 0.4) is 0 Å². The number of benzene rings is 5. The Hall–Kier alpha value is -4.53. The Morgan fingerprint density at radius 3 is 2.04 bits per heavy atom. The van der Waals surface area contributed by atoms with Crippen LogP contribution in [0.1, 0.15) is 30.5 Å². The van der Waals surface area contributed by atoms with Gasteiger partial charge in [-0.25, -0.2) is 4.98 Å². The summed E-state index contributed by atoms with van der Waals surface area (Å²) in [5.41, 5.74) is 5.29. The first-order valence-corrected chi connectivity index (χ1v) is 16.3. The molecule has 225 valence electrons. The van der Waals surface area contributed by atoms with Crippen LogP contribution in [-0.2, 0) is 22.5 Å². The maximum Gasteiger partial charge on any atom is 2.00 e. The van der Waals surface area contributed by atoms with Crippen molar-refractivity contribution in [1.29, 1.82) is 0 Å². The van der Waals surface area contributed by atoms with Crippen molar-refractivity contribution >= 4 is 34.7 Å². The number of hydrogen-bond donors (Lipinski definition) is 1. The Morgan fingerprint density at radius 1 is 0.733 bits per heavy atom.